The number of hydrogen-bond donors (Lipinski definition) is 0. The lowest BCUT2D eigenvalue weighted by molar-refractivity contribution is 1.31. The third kappa shape index (κ3) is 1.93. The first kappa shape index (κ1) is 8.54. The average molecular weight is 211 g/mol. The van der Waals surface area contributed by atoms with Gasteiger partial charge in [0.1, 0.15) is 0 Å². The predicted molar refractivity (Wildman–Crippen MR) is 53.9 cm³/mol. The molecule has 0 amide bonds. The van der Waals surface area contributed by atoms with Crippen LogP contribution in [0.25, 0.3) is 6.08 Å². The second kappa shape index (κ2) is 3.72. The summed E-state index contributed by atoms with van der Waals surface area (Å²) in [7, 11) is 0. The summed E-state index contributed by atoms with van der Waals surface area (Å²) in [5.74, 6) is 0. The summed E-state index contributed by atoms with van der Waals surface area (Å²) in [5, 5.41) is 0.917. The molecular formula is C10H11Br. The minimum absolute atomic E-state index is 0.917. The van der Waals surface area contributed by atoms with Crippen LogP contribution in [0.1, 0.15) is 16.7 Å². The van der Waals surface area contributed by atoms with E-state index in [1.165, 1.54) is 16.7 Å². The van der Waals surface area contributed by atoms with Crippen molar-refractivity contribution < 1.29 is 0 Å². The molecule has 0 radical (unpaired) electrons. The summed E-state index contributed by atoms with van der Waals surface area (Å²) >= 11 is 3.44. The van der Waals surface area contributed by atoms with E-state index in [0.29, 0.717) is 0 Å². The van der Waals surface area contributed by atoms with Gasteiger partial charge in [-0.05, 0) is 23.6 Å². The first-order chi connectivity index (χ1) is 5.27. The van der Waals surface area contributed by atoms with Crippen LogP contribution in [0.4, 0.5) is 0 Å². The van der Waals surface area contributed by atoms with Crippen molar-refractivity contribution in [2.45, 2.75) is 12.3 Å². The molecule has 0 atom stereocenters. The Morgan fingerprint density at radius 3 is 2.82 bits per heavy atom. The molecule has 0 nitrogen and oxygen atoms in total. The second-order valence-electron chi connectivity index (χ2n) is 2.52. The quantitative estimate of drug-likeness (QED) is 0.656. The highest BCUT2D eigenvalue weighted by Gasteiger charge is 1.95. The summed E-state index contributed by atoms with van der Waals surface area (Å²) in [6.45, 7) is 5.84. The number of rotatable bonds is 2. The van der Waals surface area contributed by atoms with Gasteiger partial charge in [-0.2, -0.15) is 0 Å². The van der Waals surface area contributed by atoms with Crippen LogP contribution in [0.2, 0.25) is 0 Å². The Kier molecular flexibility index (Phi) is 2.89. The Bertz CT molecular complexity index is 264. The lowest BCUT2D eigenvalue weighted by Gasteiger charge is -2.02. The third-order valence-corrected chi connectivity index (χ3v) is 2.36. The summed E-state index contributed by atoms with van der Waals surface area (Å²) in [6.07, 6.45) is 1.87. The van der Waals surface area contributed by atoms with Gasteiger partial charge < -0.3 is 0 Å². The van der Waals surface area contributed by atoms with E-state index in [2.05, 4.69) is 47.6 Å². The Labute approximate surface area is 76.1 Å². The zero-order valence-electron chi connectivity index (χ0n) is 6.60. The van der Waals surface area contributed by atoms with Gasteiger partial charge in [-0.1, -0.05) is 46.8 Å². The molecule has 0 aliphatic rings. The fourth-order valence-electron chi connectivity index (χ4n) is 0.962. The maximum absolute atomic E-state index is 3.72. The molecule has 0 aliphatic carbocycles. The van der Waals surface area contributed by atoms with E-state index in [0.717, 1.165) is 5.33 Å². The van der Waals surface area contributed by atoms with Crippen molar-refractivity contribution in [3.8, 4) is 0 Å². The highest BCUT2D eigenvalue weighted by atomic mass is 79.9. The fraction of sp³-hybridized carbons (Fsp3) is 0.200. The van der Waals surface area contributed by atoms with Gasteiger partial charge in [0.15, 0.2) is 0 Å². The van der Waals surface area contributed by atoms with Crippen LogP contribution >= 0.6 is 15.9 Å². The van der Waals surface area contributed by atoms with Gasteiger partial charge in [0.2, 0.25) is 0 Å². The predicted octanol–water partition coefficient (Wildman–Crippen LogP) is 3.53. The highest BCUT2D eigenvalue weighted by molar-refractivity contribution is 9.08. The monoisotopic (exact) mass is 210 g/mol. The Hall–Kier alpha value is -0.560. The summed E-state index contributed by atoms with van der Waals surface area (Å²) < 4.78 is 0. The normalized spacial score (nSPS) is 9.64. The molecule has 0 fully saturated rings. The molecule has 1 heteroatoms. The van der Waals surface area contributed by atoms with Gasteiger partial charge >= 0.3 is 0 Å². The van der Waals surface area contributed by atoms with Crippen LogP contribution < -0.4 is 0 Å². The molecule has 0 saturated heterocycles. The van der Waals surface area contributed by atoms with E-state index in [9.17, 15) is 0 Å². The lowest BCUT2D eigenvalue weighted by Crippen LogP contribution is -1.84. The molecule has 11 heavy (non-hydrogen) atoms. The van der Waals surface area contributed by atoms with Crippen LogP contribution in [0.15, 0.2) is 24.8 Å². The minimum atomic E-state index is 0.917. The summed E-state index contributed by atoms with van der Waals surface area (Å²) in [5.41, 5.74) is 3.85. The van der Waals surface area contributed by atoms with E-state index in [4.69, 9.17) is 0 Å². The van der Waals surface area contributed by atoms with Crippen LogP contribution in [0.3, 0.4) is 0 Å². The molecule has 0 N–H and O–H groups in total. The van der Waals surface area contributed by atoms with E-state index < -0.39 is 0 Å². The van der Waals surface area contributed by atoms with Gasteiger partial charge in [-0.3, -0.25) is 0 Å². The van der Waals surface area contributed by atoms with Gasteiger partial charge in [0.25, 0.3) is 0 Å². The highest BCUT2D eigenvalue weighted by Crippen LogP contribution is 2.14. The molecular weight excluding hydrogens is 200 g/mol. The van der Waals surface area contributed by atoms with Crippen LogP contribution in [-0.2, 0) is 5.33 Å². The SMILES string of the molecule is C=Cc1ccc(C)c(CBr)c1. The van der Waals surface area contributed by atoms with Crippen molar-refractivity contribution in [1.29, 1.82) is 0 Å². The fourth-order valence-corrected chi connectivity index (χ4v) is 1.57. The summed E-state index contributed by atoms with van der Waals surface area (Å²) in [4.78, 5) is 0. The molecule has 1 rings (SSSR count). The van der Waals surface area contributed by atoms with Gasteiger partial charge in [-0.25, -0.2) is 0 Å². The van der Waals surface area contributed by atoms with Crippen molar-refractivity contribution >= 4 is 22.0 Å². The number of hydrogen-bond acceptors (Lipinski definition) is 0. The lowest BCUT2D eigenvalue weighted by atomic mass is 10.1. The molecule has 0 bridgehead atoms. The van der Waals surface area contributed by atoms with E-state index in [-0.39, 0.29) is 0 Å². The van der Waals surface area contributed by atoms with Crippen LogP contribution in [-0.4, -0.2) is 0 Å². The maximum Gasteiger partial charge on any atom is 0.0285 e. The molecule has 1 aromatic carbocycles. The zero-order valence-corrected chi connectivity index (χ0v) is 8.19. The maximum atomic E-state index is 3.72. The van der Waals surface area contributed by atoms with Gasteiger partial charge in [0.05, 0.1) is 0 Å². The van der Waals surface area contributed by atoms with Crippen molar-refractivity contribution in [3.63, 3.8) is 0 Å². The molecule has 0 spiro atoms. The largest absolute Gasteiger partial charge is 0.0985 e. The second-order valence-corrected chi connectivity index (χ2v) is 3.08. The number of benzene rings is 1. The van der Waals surface area contributed by atoms with Crippen molar-refractivity contribution in [3.05, 3.63) is 41.5 Å². The van der Waals surface area contributed by atoms with Gasteiger partial charge in [0, 0.05) is 5.33 Å². The van der Waals surface area contributed by atoms with Crippen molar-refractivity contribution in [2.75, 3.05) is 0 Å². The van der Waals surface area contributed by atoms with Crippen LogP contribution in [0.5, 0.6) is 0 Å². The van der Waals surface area contributed by atoms with Crippen molar-refractivity contribution in [1.82, 2.24) is 0 Å². The van der Waals surface area contributed by atoms with Gasteiger partial charge in [-0.15, -0.1) is 0 Å². The van der Waals surface area contributed by atoms with E-state index >= 15 is 0 Å². The molecule has 0 unspecified atom stereocenters. The standard InChI is InChI=1S/C10H11Br/c1-3-9-5-4-8(2)10(6-9)7-11/h3-6H,1,7H2,2H3. The average Bonchev–Trinajstić information content (AvgIpc) is 2.05. The smallest absolute Gasteiger partial charge is 0.0285 e. The third-order valence-electron chi connectivity index (χ3n) is 1.75. The van der Waals surface area contributed by atoms with Crippen LogP contribution in [0, 0.1) is 6.92 Å². The Morgan fingerprint density at radius 2 is 2.27 bits per heavy atom. The zero-order chi connectivity index (χ0) is 8.27. The van der Waals surface area contributed by atoms with E-state index in [1.807, 2.05) is 6.08 Å². The number of aryl methyl sites for hydroxylation is 1. The van der Waals surface area contributed by atoms with Crippen molar-refractivity contribution in [2.24, 2.45) is 0 Å². The molecule has 0 heterocycles. The molecule has 0 aromatic heterocycles. The molecule has 0 aliphatic heterocycles. The minimum Gasteiger partial charge on any atom is -0.0985 e. The first-order valence-electron chi connectivity index (χ1n) is 3.56. The number of halogens is 1. The Morgan fingerprint density at radius 1 is 1.55 bits per heavy atom. The molecule has 58 valence electrons. The topological polar surface area (TPSA) is 0 Å². The Balaban J connectivity index is 3.12. The van der Waals surface area contributed by atoms with E-state index in [1.54, 1.807) is 0 Å². The molecule has 1 aromatic rings. The first-order valence-corrected chi connectivity index (χ1v) is 4.68. The molecule has 0 saturated carbocycles. The summed E-state index contributed by atoms with van der Waals surface area (Å²) in [6, 6.07) is 6.35. The number of alkyl halides is 1.